The number of hydrogen-bond acceptors (Lipinski definition) is 2. The Labute approximate surface area is 102 Å². The quantitative estimate of drug-likeness (QED) is 0.839. The molecule has 0 radical (unpaired) electrons. The van der Waals surface area contributed by atoms with Crippen LogP contribution in [0.5, 0.6) is 0 Å². The van der Waals surface area contributed by atoms with Crippen molar-refractivity contribution < 1.29 is 4.79 Å². The number of urea groups is 1. The highest BCUT2D eigenvalue weighted by atomic mass is 16.2. The third-order valence-electron chi connectivity index (χ3n) is 3.04. The molecule has 1 aromatic rings. The third-order valence-corrected chi connectivity index (χ3v) is 3.04. The van der Waals surface area contributed by atoms with Crippen LogP contribution in [0.2, 0.25) is 0 Å². The van der Waals surface area contributed by atoms with E-state index in [9.17, 15) is 4.79 Å². The molecule has 1 unspecified atom stereocenters. The molecule has 0 saturated carbocycles. The van der Waals surface area contributed by atoms with Gasteiger partial charge in [0.05, 0.1) is 0 Å². The smallest absolute Gasteiger partial charge is 0.321 e. The van der Waals surface area contributed by atoms with E-state index < -0.39 is 0 Å². The van der Waals surface area contributed by atoms with Crippen LogP contribution in [0.3, 0.4) is 0 Å². The second-order valence-corrected chi connectivity index (χ2v) is 4.39. The van der Waals surface area contributed by atoms with E-state index in [1.165, 1.54) is 0 Å². The molecule has 4 heteroatoms. The van der Waals surface area contributed by atoms with Crippen LogP contribution in [-0.4, -0.2) is 25.2 Å². The van der Waals surface area contributed by atoms with E-state index >= 15 is 0 Å². The summed E-state index contributed by atoms with van der Waals surface area (Å²) in [6.07, 6.45) is 1.08. The molecule has 1 atom stereocenters. The molecule has 1 fully saturated rings. The van der Waals surface area contributed by atoms with Crippen molar-refractivity contribution in [1.82, 2.24) is 5.32 Å². The van der Waals surface area contributed by atoms with Gasteiger partial charge in [-0.2, -0.15) is 0 Å². The van der Waals surface area contributed by atoms with Crippen LogP contribution >= 0.6 is 0 Å². The van der Waals surface area contributed by atoms with Crippen LogP contribution in [0, 0.1) is 0 Å². The molecule has 17 heavy (non-hydrogen) atoms. The largest absolute Gasteiger partial charge is 0.383 e. The Kier molecular flexibility index (Phi) is 3.52. The molecule has 0 spiro atoms. The Bertz CT molecular complexity index is 405. The van der Waals surface area contributed by atoms with E-state index in [0.717, 1.165) is 30.9 Å². The van der Waals surface area contributed by atoms with Gasteiger partial charge in [0, 0.05) is 30.5 Å². The minimum atomic E-state index is -0.00862. The average Bonchev–Trinajstić information content (AvgIpc) is 2.75. The zero-order chi connectivity index (χ0) is 12.3. The van der Waals surface area contributed by atoms with E-state index in [-0.39, 0.29) is 6.03 Å². The van der Waals surface area contributed by atoms with Crippen molar-refractivity contribution in [3.63, 3.8) is 0 Å². The number of nitrogens with zero attached hydrogens (tertiary/aromatic N) is 1. The van der Waals surface area contributed by atoms with Gasteiger partial charge in [0.1, 0.15) is 0 Å². The fourth-order valence-electron chi connectivity index (χ4n) is 1.87. The first-order chi connectivity index (χ1) is 8.20. The molecule has 0 bridgehead atoms. The predicted octanol–water partition coefficient (Wildman–Crippen LogP) is 2.43. The van der Waals surface area contributed by atoms with Crippen LogP contribution in [0.15, 0.2) is 24.3 Å². The maximum Gasteiger partial charge on any atom is 0.321 e. The summed E-state index contributed by atoms with van der Waals surface area (Å²) in [5.41, 5.74) is 2.02. The van der Waals surface area contributed by atoms with Gasteiger partial charge in [0.25, 0.3) is 0 Å². The van der Waals surface area contributed by atoms with Gasteiger partial charge >= 0.3 is 6.03 Å². The fourth-order valence-corrected chi connectivity index (χ4v) is 1.87. The highest BCUT2D eigenvalue weighted by Crippen LogP contribution is 2.21. The summed E-state index contributed by atoms with van der Waals surface area (Å²) in [6, 6.07) is 8.43. The molecule has 1 aromatic carbocycles. The molecular weight excluding hydrogens is 214 g/mol. The molecule has 1 aliphatic rings. The van der Waals surface area contributed by atoms with Gasteiger partial charge in [0.2, 0.25) is 0 Å². The van der Waals surface area contributed by atoms with Crippen molar-refractivity contribution >= 4 is 17.4 Å². The number of carbonyl (C=O) groups is 1. The van der Waals surface area contributed by atoms with Crippen molar-refractivity contribution in [3.8, 4) is 0 Å². The van der Waals surface area contributed by atoms with E-state index in [0.29, 0.717) is 6.04 Å². The lowest BCUT2D eigenvalue weighted by molar-refractivity contribution is 0.252. The number of carbonyl (C=O) groups excluding carboxylic acids is 1. The van der Waals surface area contributed by atoms with Crippen molar-refractivity contribution in [2.45, 2.75) is 26.3 Å². The van der Waals surface area contributed by atoms with Gasteiger partial charge in [-0.3, -0.25) is 4.90 Å². The summed E-state index contributed by atoms with van der Waals surface area (Å²) in [6.45, 7) is 5.76. The van der Waals surface area contributed by atoms with Crippen LogP contribution in [0.4, 0.5) is 16.2 Å². The maximum absolute atomic E-state index is 11.6. The second kappa shape index (κ2) is 5.08. The number of amides is 2. The third kappa shape index (κ3) is 2.70. The van der Waals surface area contributed by atoms with Crippen LogP contribution in [-0.2, 0) is 0 Å². The molecule has 2 N–H and O–H groups in total. The number of rotatable bonds is 4. The molecule has 2 rings (SSSR count). The Morgan fingerprint density at radius 1 is 1.53 bits per heavy atom. The van der Waals surface area contributed by atoms with Gasteiger partial charge in [-0.25, -0.2) is 4.79 Å². The number of hydrogen-bond donors (Lipinski definition) is 2. The Hall–Kier alpha value is -1.71. The lowest BCUT2D eigenvalue weighted by Crippen LogP contribution is -2.27. The summed E-state index contributed by atoms with van der Waals surface area (Å²) < 4.78 is 0. The van der Waals surface area contributed by atoms with E-state index in [4.69, 9.17) is 0 Å². The minimum Gasteiger partial charge on any atom is -0.383 e. The van der Waals surface area contributed by atoms with Gasteiger partial charge in [-0.1, -0.05) is 13.0 Å². The first-order valence-corrected chi connectivity index (χ1v) is 6.12. The normalized spacial score (nSPS) is 16.8. The molecule has 4 nitrogen and oxygen atoms in total. The van der Waals surface area contributed by atoms with Crippen molar-refractivity contribution in [2.24, 2.45) is 0 Å². The lowest BCUT2D eigenvalue weighted by atomic mass is 10.2. The first-order valence-electron chi connectivity index (χ1n) is 6.12. The molecule has 1 saturated heterocycles. The summed E-state index contributed by atoms with van der Waals surface area (Å²) in [7, 11) is 0. The highest BCUT2D eigenvalue weighted by Gasteiger charge is 2.20. The van der Waals surface area contributed by atoms with E-state index in [2.05, 4.69) is 24.5 Å². The first kappa shape index (κ1) is 11.8. The Morgan fingerprint density at radius 3 is 3.00 bits per heavy atom. The fraction of sp³-hybridized carbons (Fsp3) is 0.462. The number of anilines is 2. The molecule has 92 valence electrons. The number of benzene rings is 1. The zero-order valence-electron chi connectivity index (χ0n) is 10.4. The minimum absolute atomic E-state index is 0.00862. The van der Waals surface area contributed by atoms with Crippen molar-refractivity contribution in [3.05, 3.63) is 24.3 Å². The summed E-state index contributed by atoms with van der Waals surface area (Å²) in [5, 5.41) is 6.22. The average molecular weight is 233 g/mol. The molecule has 0 aliphatic carbocycles. The molecule has 1 aliphatic heterocycles. The number of nitrogens with one attached hydrogen (secondary N) is 2. The summed E-state index contributed by atoms with van der Waals surface area (Å²) in [4.78, 5) is 13.3. The zero-order valence-corrected chi connectivity index (χ0v) is 10.4. The van der Waals surface area contributed by atoms with Crippen molar-refractivity contribution in [1.29, 1.82) is 0 Å². The predicted molar refractivity (Wildman–Crippen MR) is 70.6 cm³/mol. The summed E-state index contributed by atoms with van der Waals surface area (Å²) >= 11 is 0. The van der Waals surface area contributed by atoms with Crippen LogP contribution in [0.1, 0.15) is 20.3 Å². The van der Waals surface area contributed by atoms with Crippen LogP contribution < -0.4 is 15.5 Å². The standard InChI is InChI=1S/C13H19N3O/c1-3-10(2)15-11-5-4-6-12(9-11)16-8-7-14-13(16)17/h4-6,9-10,15H,3,7-8H2,1-2H3,(H,14,17). The SMILES string of the molecule is CCC(C)Nc1cccc(N2CCNC2=O)c1. The molecule has 1 heterocycles. The molecular formula is C13H19N3O. The van der Waals surface area contributed by atoms with Crippen LogP contribution in [0.25, 0.3) is 0 Å². The monoisotopic (exact) mass is 233 g/mol. The van der Waals surface area contributed by atoms with E-state index in [1.54, 1.807) is 4.90 Å². The van der Waals surface area contributed by atoms with Gasteiger partial charge < -0.3 is 10.6 Å². The Balaban J connectivity index is 2.13. The Morgan fingerprint density at radius 2 is 2.35 bits per heavy atom. The van der Waals surface area contributed by atoms with Gasteiger partial charge in [-0.15, -0.1) is 0 Å². The summed E-state index contributed by atoms with van der Waals surface area (Å²) in [5.74, 6) is 0. The van der Waals surface area contributed by atoms with Gasteiger partial charge in [0.15, 0.2) is 0 Å². The molecule has 0 aromatic heterocycles. The second-order valence-electron chi connectivity index (χ2n) is 4.39. The van der Waals surface area contributed by atoms with E-state index in [1.807, 2.05) is 24.3 Å². The highest BCUT2D eigenvalue weighted by molar-refractivity contribution is 5.94. The lowest BCUT2D eigenvalue weighted by Gasteiger charge is -2.17. The maximum atomic E-state index is 11.6. The van der Waals surface area contributed by atoms with Crippen molar-refractivity contribution in [2.75, 3.05) is 23.3 Å². The molecule has 2 amide bonds. The van der Waals surface area contributed by atoms with Gasteiger partial charge in [-0.05, 0) is 31.5 Å². The topological polar surface area (TPSA) is 44.4 Å².